The van der Waals surface area contributed by atoms with Gasteiger partial charge in [0.15, 0.2) is 0 Å². The number of rotatable bonds is 29. The van der Waals surface area contributed by atoms with Crippen LogP contribution in [0.25, 0.3) is 0 Å². The van der Waals surface area contributed by atoms with Crippen molar-refractivity contribution < 1.29 is 0 Å². The van der Waals surface area contributed by atoms with Crippen molar-refractivity contribution in [3.8, 4) is 0 Å². The van der Waals surface area contributed by atoms with Gasteiger partial charge in [-0.05, 0) is 76.0 Å². The zero-order valence-corrected chi connectivity index (χ0v) is 26.7. The summed E-state index contributed by atoms with van der Waals surface area (Å²) < 4.78 is 0. The van der Waals surface area contributed by atoms with E-state index in [0.29, 0.717) is 0 Å². The van der Waals surface area contributed by atoms with Crippen LogP contribution in [-0.4, -0.2) is 0 Å². The molecule has 0 saturated heterocycles. The molecule has 0 aromatic rings. The third kappa shape index (κ3) is 29.5. The molecule has 0 nitrogen and oxygen atoms in total. The minimum Gasteiger partial charge on any atom is -0.0882 e. The van der Waals surface area contributed by atoms with E-state index in [1.165, 1.54) is 141 Å². The van der Waals surface area contributed by atoms with Gasteiger partial charge in [-0.25, -0.2) is 0 Å². The van der Waals surface area contributed by atoms with E-state index in [-0.39, 0.29) is 0 Å². The van der Waals surface area contributed by atoms with Crippen LogP contribution in [0.3, 0.4) is 0 Å². The third-order valence-electron chi connectivity index (χ3n) is 8.01. The van der Waals surface area contributed by atoms with Crippen LogP contribution in [0.2, 0.25) is 0 Å². The van der Waals surface area contributed by atoms with Gasteiger partial charge in [0.25, 0.3) is 0 Å². The minimum atomic E-state index is 0.787. The molecule has 0 heteroatoms. The Hall–Kier alpha value is -1.04. The summed E-state index contributed by atoms with van der Waals surface area (Å²) in [4.78, 5) is 0. The van der Waals surface area contributed by atoms with Gasteiger partial charge in [-0.2, -0.15) is 0 Å². The summed E-state index contributed by atoms with van der Waals surface area (Å²) in [6.07, 6.45) is 51.6. The average Bonchev–Trinajstić information content (AvgIpc) is 2.91. The normalized spacial score (nSPS) is 12.7. The van der Waals surface area contributed by atoms with Crippen LogP contribution in [0, 0.1) is 11.8 Å². The fourth-order valence-corrected chi connectivity index (χ4v) is 5.24. The molecule has 38 heavy (non-hydrogen) atoms. The van der Waals surface area contributed by atoms with Crippen molar-refractivity contribution in [3.05, 3.63) is 48.6 Å². The van der Waals surface area contributed by atoms with E-state index in [2.05, 4.69) is 76.3 Å². The molecular weight excluding hydrogens is 456 g/mol. The first-order valence-electron chi connectivity index (χ1n) is 17.3. The molecule has 0 bridgehead atoms. The number of unbranched alkanes of at least 4 members (excludes halogenated alkanes) is 16. The maximum atomic E-state index is 2.42. The first kappa shape index (κ1) is 37.0. The fourth-order valence-electron chi connectivity index (χ4n) is 5.24. The zero-order chi connectivity index (χ0) is 27.8. The first-order chi connectivity index (χ1) is 18.7. The lowest BCUT2D eigenvalue weighted by molar-refractivity contribution is 0.341. The Kier molecular flexibility index (Phi) is 31.3. The van der Waals surface area contributed by atoms with Crippen molar-refractivity contribution in [1.82, 2.24) is 0 Å². The highest BCUT2D eigenvalue weighted by atomic mass is 14.2. The second kappa shape index (κ2) is 32.2. The first-order valence-corrected chi connectivity index (χ1v) is 17.3. The Balaban J connectivity index is 3.67. The number of allylic oxidation sites excluding steroid dienone is 8. The molecule has 0 aromatic carbocycles. The largest absolute Gasteiger partial charge is 0.0882 e. The van der Waals surface area contributed by atoms with Crippen LogP contribution >= 0.6 is 0 Å². The van der Waals surface area contributed by atoms with Gasteiger partial charge in [0.1, 0.15) is 0 Å². The molecule has 222 valence electrons. The Bertz CT molecular complexity index is 500. The van der Waals surface area contributed by atoms with Crippen molar-refractivity contribution >= 4 is 0 Å². The molecule has 0 rings (SSSR count). The van der Waals surface area contributed by atoms with Crippen LogP contribution in [0.5, 0.6) is 0 Å². The van der Waals surface area contributed by atoms with Crippen LogP contribution < -0.4 is 0 Å². The van der Waals surface area contributed by atoms with Crippen LogP contribution in [0.1, 0.15) is 182 Å². The zero-order valence-electron chi connectivity index (χ0n) is 26.7. The van der Waals surface area contributed by atoms with E-state index in [1.807, 2.05) is 0 Å². The molecule has 0 fully saturated rings. The van der Waals surface area contributed by atoms with Gasteiger partial charge in [-0.15, -0.1) is 0 Å². The van der Waals surface area contributed by atoms with Crippen LogP contribution in [0.4, 0.5) is 0 Å². The smallest absolute Gasteiger partial charge is 0.0169 e. The number of hydrogen-bond acceptors (Lipinski definition) is 0. The standard InChI is InChI=1S/C38H70/c1-5-7-9-11-13-15-17-19-21-23-25-27-29-31-33-35-38(37(3)4)36-34-32-30-28-26-24-22-20-18-16-14-12-10-8-6-2/h23-26,29-32,37-38H,5-22,27-28,33-36H2,1-4H3/b25-23+,26-24+,31-29+,32-30+. The molecule has 0 aliphatic rings. The topological polar surface area (TPSA) is 0 Å². The monoisotopic (exact) mass is 527 g/mol. The highest BCUT2D eigenvalue weighted by Gasteiger charge is 2.11. The van der Waals surface area contributed by atoms with Gasteiger partial charge in [0.05, 0.1) is 0 Å². The summed E-state index contributed by atoms with van der Waals surface area (Å²) in [6, 6.07) is 0. The molecule has 0 aliphatic heterocycles. The summed E-state index contributed by atoms with van der Waals surface area (Å²) in [7, 11) is 0. The third-order valence-corrected chi connectivity index (χ3v) is 8.01. The molecule has 0 heterocycles. The Morgan fingerprint density at radius 3 is 1.03 bits per heavy atom. The minimum absolute atomic E-state index is 0.787. The van der Waals surface area contributed by atoms with E-state index >= 15 is 0 Å². The molecular formula is C38H70. The lowest BCUT2D eigenvalue weighted by Gasteiger charge is -2.19. The molecule has 0 aromatic heterocycles. The van der Waals surface area contributed by atoms with Crippen molar-refractivity contribution in [2.24, 2.45) is 11.8 Å². The van der Waals surface area contributed by atoms with Crippen LogP contribution in [-0.2, 0) is 0 Å². The maximum Gasteiger partial charge on any atom is -0.0169 e. The molecule has 0 saturated carbocycles. The Morgan fingerprint density at radius 1 is 0.368 bits per heavy atom. The molecule has 0 aliphatic carbocycles. The van der Waals surface area contributed by atoms with E-state index in [1.54, 1.807) is 0 Å². The summed E-state index contributed by atoms with van der Waals surface area (Å²) >= 11 is 0. The molecule has 0 N–H and O–H groups in total. The molecule has 0 radical (unpaired) electrons. The van der Waals surface area contributed by atoms with E-state index in [9.17, 15) is 0 Å². The van der Waals surface area contributed by atoms with E-state index in [0.717, 1.165) is 24.7 Å². The molecule has 0 amide bonds. The molecule has 0 spiro atoms. The Labute approximate surface area is 241 Å². The highest BCUT2D eigenvalue weighted by molar-refractivity contribution is 4.94. The summed E-state index contributed by atoms with van der Waals surface area (Å²) in [6.45, 7) is 9.39. The van der Waals surface area contributed by atoms with Gasteiger partial charge >= 0.3 is 0 Å². The quantitative estimate of drug-likeness (QED) is 0.0671. The van der Waals surface area contributed by atoms with Crippen molar-refractivity contribution in [1.29, 1.82) is 0 Å². The lowest BCUT2D eigenvalue weighted by Crippen LogP contribution is -2.07. The molecule has 0 unspecified atom stereocenters. The van der Waals surface area contributed by atoms with Gasteiger partial charge in [0, 0.05) is 0 Å². The average molecular weight is 527 g/mol. The van der Waals surface area contributed by atoms with Gasteiger partial charge in [-0.1, -0.05) is 166 Å². The van der Waals surface area contributed by atoms with E-state index < -0.39 is 0 Å². The van der Waals surface area contributed by atoms with Crippen LogP contribution in [0.15, 0.2) is 48.6 Å². The van der Waals surface area contributed by atoms with Crippen molar-refractivity contribution in [3.63, 3.8) is 0 Å². The number of hydrogen-bond donors (Lipinski definition) is 0. The van der Waals surface area contributed by atoms with Crippen molar-refractivity contribution in [2.45, 2.75) is 182 Å². The Morgan fingerprint density at radius 2 is 0.684 bits per heavy atom. The lowest BCUT2D eigenvalue weighted by atomic mass is 9.87. The van der Waals surface area contributed by atoms with Gasteiger partial charge in [-0.3, -0.25) is 0 Å². The second-order valence-electron chi connectivity index (χ2n) is 12.0. The van der Waals surface area contributed by atoms with Gasteiger partial charge in [0.2, 0.25) is 0 Å². The summed E-state index contributed by atoms with van der Waals surface area (Å²) in [5, 5.41) is 0. The van der Waals surface area contributed by atoms with Crippen molar-refractivity contribution in [2.75, 3.05) is 0 Å². The predicted molar refractivity (Wildman–Crippen MR) is 177 cm³/mol. The SMILES string of the molecule is CCCCCCCCCC/C=C/C/C=C/CCC(CC/C=C/C/C=C/CCCCCCCCCC)C(C)C. The predicted octanol–water partition coefficient (Wildman–Crippen LogP) is 13.9. The highest BCUT2D eigenvalue weighted by Crippen LogP contribution is 2.23. The molecule has 0 atom stereocenters. The summed E-state index contributed by atoms with van der Waals surface area (Å²) in [5.74, 6) is 1.63. The maximum absolute atomic E-state index is 2.42. The fraction of sp³-hybridized carbons (Fsp3) is 0.789. The summed E-state index contributed by atoms with van der Waals surface area (Å²) in [5.41, 5.74) is 0. The van der Waals surface area contributed by atoms with Gasteiger partial charge < -0.3 is 0 Å². The van der Waals surface area contributed by atoms with E-state index in [4.69, 9.17) is 0 Å². The second-order valence-corrected chi connectivity index (χ2v) is 12.0.